The van der Waals surface area contributed by atoms with Crippen molar-refractivity contribution in [3.63, 3.8) is 0 Å². The van der Waals surface area contributed by atoms with Crippen LogP contribution < -0.4 is 4.90 Å². The van der Waals surface area contributed by atoms with E-state index >= 15 is 0 Å². The zero-order valence-corrected chi connectivity index (χ0v) is 19.7. The van der Waals surface area contributed by atoms with Crippen molar-refractivity contribution in [1.82, 2.24) is 4.98 Å². The quantitative estimate of drug-likeness (QED) is 0.565. The SMILES string of the molecule is Cc1cccc(N2C(=O)C3=C(C(=O)C4CC(C)C(C)CC4O3)C2c2ccc(Cl)c(Cl)c2)n1. The summed E-state index contributed by atoms with van der Waals surface area (Å²) in [5.74, 6) is 0.883. The summed E-state index contributed by atoms with van der Waals surface area (Å²) in [6.07, 6.45) is 1.25. The fourth-order valence-corrected chi connectivity index (χ4v) is 5.46. The highest BCUT2D eigenvalue weighted by molar-refractivity contribution is 6.42. The summed E-state index contributed by atoms with van der Waals surface area (Å²) in [4.78, 5) is 33.6. The monoisotopic (exact) mass is 470 g/mol. The fraction of sp³-hybridized carbons (Fsp3) is 0.400. The molecule has 5 atom stereocenters. The third kappa shape index (κ3) is 3.34. The van der Waals surface area contributed by atoms with Crippen LogP contribution in [0, 0.1) is 24.7 Å². The third-order valence-corrected chi connectivity index (χ3v) is 7.83. The molecule has 7 heteroatoms. The molecule has 0 N–H and O–H groups in total. The molecular weight excluding hydrogens is 447 g/mol. The molecule has 3 heterocycles. The van der Waals surface area contributed by atoms with Gasteiger partial charge in [0.1, 0.15) is 11.9 Å². The van der Waals surface area contributed by atoms with Crippen LogP contribution in [0.25, 0.3) is 0 Å². The van der Waals surface area contributed by atoms with E-state index in [4.69, 9.17) is 27.9 Å². The molecule has 3 aliphatic rings. The van der Waals surface area contributed by atoms with Crippen molar-refractivity contribution in [2.24, 2.45) is 17.8 Å². The van der Waals surface area contributed by atoms with E-state index in [2.05, 4.69) is 18.8 Å². The normalized spacial score (nSPS) is 29.7. The van der Waals surface area contributed by atoms with Gasteiger partial charge in [0.15, 0.2) is 11.5 Å². The minimum Gasteiger partial charge on any atom is -0.483 e. The second-order valence-electron chi connectivity index (χ2n) is 9.18. The number of aromatic nitrogens is 1. The molecule has 0 radical (unpaired) electrons. The van der Waals surface area contributed by atoms with Crippen LogP contribution in [0.1, 0.15) is 44.0 Å². The minimum absolute atomic E-state index is 0.00502. The summed E-state index contributed by atoms with van der Waals surface area (Å²) >= 11 is 12.5. The zero-order chi connectivity index (χ0) is 22.7. The van der Waals surface area contributed by atoms with Crippen molar-refractivity contribution < 1.29 is 14.3 Å². The molecule has 2 aromatic rings. The highest BCUT2D eigenvalue weighted by atomic mass is 35.5. The smallest absolute Gasteiger partial charge is 0.295 e. The number of Topliss-reactive ketones (excluding diaryl/α,β-unsaturated/α-hetero) is 1. The first-order valence-corrected chi connectivity index (χ1v) is 11.7. The largest absolute Gasteiger partial charge is 0.483 e. The number of benzene rings is 1. The topological polar surface area (TPSA) is 59.5 Å². The number of aryl methyl sites for hydroxylation is 1. The fourth-order valence-electron chi connectivity index (χ4n) is 5.16. The van der Waals surface area contributed by atoms with E-state index < -0.39 is 6.04 Å². The van der Waals surface area contributed by atoms with E-state index in [1.54, 1.807) is 29.2 Å². The maximum Gasteiger partial charge on any atom is 0.295 e. The first-order valence-electron chi connectivity index (χ1n) is 10.9. The van der Waals surface area contributed by atoms with Gasteiger partial charge in [-0.25, -0.2) is 4.98 Å². The van der Waals surface area contributed by atoms with E-state index in [1.807, 2.05) is 19.1 Å². The van der Waals surface area contributed by atoms with Gasteiger partial charge in [-0.2, -0.15) is 0 Å². The number of hydrogen-bond donors (Lipinski definition) is 0. The number of hydrogen-bond acceptors (Lipinski definition) is 4. The van der Waals surface area contributed by atoms with E-state index in [0.717, 1.165) is 18.5 Å². The molecule has 166 valence electrons. The number of anilines is 1. The van der Waals surface area contributed by atoms with E-state index in [9.17, 15) is 9.59 Å². The van der Waals surface area contributed by atoms with Crippen LogP contribution in [0.15, 0.2) is 47.7 Å². The lowest BCUT2D eigenvalue weighted by molar-refractivity contribution is -0.134. The third-order valence-electron chi connectivity index (χ3n) is 7.09. The first-order chi connectivity index (χ1) is 15.3. The predicted octanol–water partition coefficient (Wildman–Crippen LogP) is 5.69. The van der Waals surface area contributed by atoms with Crippen LogP contribution in [0.4, 0.5) is 5.82 Å². The maximum atomic E-state index is 13.8. The molecule has 1 aromatic carbocycles. The second-order valence-corrected chi connectivity index (χ2v) is 10.00. The number of rotatable bonds is 2. The van der Waals surface area contributed by atoms with Crippen molar-refractivity contribution in [3.05, 3.63) is 69.0 Å². The van der Waals surface area contributed by atoms with Gasteiger partial charge < -0.3 is 4.74 Å². The van der Waals surface area contributed by atoms with Crippen LogP contribution in [-0.2, 0) is 14.3 Å². The Balaban J connectivity index is 1.66. The molecular formula is C25H24Cl2N2O3. The summed E-state index contributed by atoms with van der Waals surface area (Å²) in [5, 5.41) is 0.778. The molecule has 1 amide bonds. The summed E-state index contributed by atoms with van der Waals surface area (Å²) < 4.78 is 6.28. The number of halogens is 2. The number of nitrogens with zero attached hydrogens (tertiary/aromatic N) is 2. The molecule has 0 spiro atoms. The van der Waals surface area contributed by atoms with Gasteiger partial charge >= 0.3 is 0 Å². The summed E-state index contributed by atoms with van der Waals surface area (Å²) in [5.41, 5.74) is 1.88. The Morgan fingerprint density at radius 3 is 2.50 bits per heavy atom. The Morgan fingerprint density at radius 1 is 1.03 bits per heavy atom. The van der Waals surface area contributed by atoms with E-state index in [0.29, 0.717) is 38.8 Å². The molecule has 2 aliphatic heterocycles. The van der Waals surface area contributed by atoms with E-state index in [1.165, 1.54) is 0 Å². The Kier molecular flexibility index (Phi) is 5.30. The molecule has 5 nitrogen and oxygen atoms in total. The van der Waals surface area contributed by atoms with Crippen LogP contribution in [0.3, 0.4) is 0 Å². The molecule has 0 bridgehead atoms. The van der Waals surface area contributed by atoms with Crippen molar-refractivity contribution in [2.75, 3.05) is 4.90 Å². The van der Waals surface area contributed by atoms with Crippen molar-refractivity contribution in [1.29, 1.82) is 0 Å². The number of ketones is 1. The molecule has 5 unspecified atom stereocenters. The number of pyridine rings is 1. The first kappa shape index (κ1) is 21.5. The molecule has 0 saturated heterocycles. The van der Waals surface area contributed by atoms with Gasteiger partial charge in [-0.15, -0.1) is 0 Å². The van der Waals surface area contributed by atoms with Gasteiger partial charge in [-0.1, -0.05) is 49.2 Å². The Morgan fingerprint density at radius 2 is 1.78 bits per heavy atom. The van der Waals surface area contributed by atoms with Gasteiger partial charge in [0.2, 0.25) is 0 Å². The highest BCUT2D eigenvalue weighted by Gasteiger charge is 2.54. The Labute approximate surface area is 197 Å². The second kappa shape index (κ2) is 7.89. The number of fused-ring (bicyclic) bond motifs is 1. The van der Waals surface area contributed by atoms with Gasteiger partial charge in [0.05, 0.1) is 27.6 Å². The van der Waals surface area contributed by atoms with Crippen molar-refractivity contribution >= 4 is 40.7 Å². The Hall–Kier alpha value is -2.37. The number of ether oxygens (including phenoxy) is 1. The van der Waals surface area contributed by atoms with Gasteiger partial charge in [-0.3, -0.25) is 14.5 Å². The molecule has 1 fully saturated rings. The summed E-state index contributed by atoms with van der Waals surface area (Å²) in [6, 6.07) is 10.0. The standard InChI is InChI=1S/C25H24Cl2N2O3/c1-12-9-16-19(10-13(12)2)32-24-21(23(16)30)22(15-7-8-17(26)18(27)11-15)29(25(24)31)20-6-4-5-14(3)28-20/h4-8,11-13,16,19,22H,9-10H2,1-3H3. The Bertz CT molecular complexity index is 1160. The van der Waals surface area contributed by atoms with Crippen LogP contribution in [-0.4, -0.2) is 22.8 Å². The van der Waals surface area contributed by atoms with Gasteiger partial charge in [0, 0.05) is 5.69 Å². The lowest BCUT2D eigenvalue weighted by atomic mass is 9.70. The zero-order valence-electron chi connectivity index (χ0n) is 18.1. The summed E-state index contributed by atoms with van der Waals surface area (Å²) in [7, 11) is 0. The average molecular weight is 471 g/mol. The van der Waals surface area contributed by atoms with Crippen molar-refractivity contribution in [2.45, 2.75) is 45.8 Å². The van der Waals surface area contributed by atoms with Crippen LogP contribution >= 0.6 is 23.2 Å². The molecule has 1 aliphatic carbocycles. The summed E-state index contributed by atoms with van der Waals surface area (Å²) in [6.45, 7) is 6.22. The van der Waals surface area contributed by atoms with Crippen molar-refractivity contribution in [3.8, 4) is 0 Å². The highest BCUT2D eigenvalue weighted by Crippen LogP contribution is 2.49. The van der Waals surface area contributed by atoms with Gasteiger partial charge in [-0.05, 0) is 61.4 Å². The number of amides is 1. The number of carbonyl (C=O) groups is 2. The predicted molar refractivity (Wildman–Crippen MR) is 124 cm³/mol. The van der Waals surface area contributed by atoms with Crippen LogP contribution in [0.2, 0.25) is 10.0 Å². The van der Waals surface area contributed by atoms with Gasteiger partial charge in [0.25, 0.3) is 5.91 Å². The maximum absolute atomic E-state index is 13.8. The molecule has 1 saturated carbocycles. The molecule has 32 heavy (non-hydrogen) atoms. The molecule has 1 aromatic heterocycles. The minimum atomic E-state index is -0.662. The lowest BCUT2D eigenvalue weighted by Crippen LogP contribution is -2.43. The molecule has 5 rings (SSSR count). The average Bonchev–Trinajstić information content (AvgIpc) is 3.04. The number of carbonyl (C=O) groups excluding carboxylic acids is 2. The van der Waals surface area contributed by atoms with E-state index in [-0.39, 0.29) is 29.5 Å². The lowest BCUT2D eigenvalue weighted by Gasteiger charge is -2.40. The van der Waals surface area contributed by atoms with Crippen LogP contribution in [0.5, 0.6) is 0 Å².